The fraction of sp³-hybridized carbons (Fsp3) is 0.429. The van der Waals surface area contributed by atoms with Crippen LogP contribution in [0.4, 0.5) is 23.7 Å². The van der Waals surface area contributed by atoms with E-state index in [1.165, 1.54) is 17.0 Å². The van der Waals surface area contributed by atoms with Gasteiger partial charge in [-0.2, -0.15) is 8.78 Å². The summed E-state index contributed by atoms with van der Waals surface area (Å²) >= 11 is 0. The van der Waals surface area contributed by atoms with Crippen LogP contribution in [0, 0.1) is 5.82 Å². The number of aromatic nitrogens is 2. The number of likely N-dealkylation sites (tertiary alicyclic amines) is 1. The second kappa shape index (κ2) is 12.4. The smallest absolute Gasteiger partial charge is 0.324 e. The number of halogens is 3. The molecule has 2 saturated heterocycles. The highest BCUT2D eigenvalue weighted by molar-refractivity contribution is 7.85. The van der Waals surface area contributed by atoms with E-state index in [2.05, 4.69) is 10.2 Å². The van der Waals surface area contributed by atoms with Gasteiger partial charge < -0.3 is 14.2 Å². The molecule has 0 spiro atoms. The molecule has 2 aliphatic rings. The third kappa shape index (κ3) is 6.61. The van der Waals surface area contributed by atoms with E-state index in [1.807, 2.05) is 29.2 Å². The van der Waals surface area contributed by atoms with Crippen molar-refractivity contribution in [2.75, 3.05) is 42.6 Å². The molecule has 9 nitrogen and oxygen atoms in total. The van der Waals surface area contributed by atoms with E-state index in [0.717, 1.165) is 24.5 Å². The zero-order valence-electron chi connectivity index (χ0n) is 22.5. The quantitative estimate of drug-likeness (QED) is 0.412. The third-order valence-electron chi connectivity index (χ3n) is 7.55. The van der Waals surface area contributed by atoms with E-state index in [1.54, 1.807) is 11.8 Å². The second-order valence-corrected chi connectivity index (χ2v) is 11.8. The van der Waals surface area contributed by atoms with Crippen molar-refractivity contribution in [1.29, 1.82) is 0 Å². The molecule has 0 N–H and O–H groups in total. The Morgan fingerprint density at radius 3 is 2.29 bits per heavy atom. The number of hydrogen-bond acceptors (Lipinski definition) is 6. The first-order valence-electron chi connectivity index (χ1n) is 13.4. The van der Waals surface area contributed by atoms with E-state index in [9.17, 15) is 22.6 Å². The molecule has 2 fully saturated rings. The highest BCUT2D eigenvalue weighted by atomic mass is 32.2. The standard InChI is InChI=1S/C28H30F3N5O4S/c1-18(37)34-10-8-20(9-11-34)19-4-6-23(7-5-19)36(28(38)35-12-14-41(39)15-13-35)17-22-3-2-21(16-24(22)29)26-32-33-27(40-26)25(30)31/h2-7,16,20,25H,8-15,17H2,1H3. The zero-order valence-corrected chi connectivity index (χ0v) is 23.3. The number of amides is 3. The normalized spacial score (nSPS) is 16.8. The van der Waals surface area contributed by atoms with Gasteiger partial charge in [-0.3, -0.25) is 13.9 Å². The van der Waals surface area contributed by atoms with Crippen LogP contribution in [0.2, 0.25) is 0 Å². The summed E-state index contributed by atoms with van der Waals surface area (Å²) in [7, 11) is -0.975. The molecule has 0 unspecified atom stereocenters. The van der Waals surface area contributed by atoms with Gasteiger partial charge in [0.15, 0.2) is 0 Å². The van der Waals surface area contributed by atoms with Crippen LogP contribution in [-0.2, 0) is 22.1 Å². The van der Waals surface area contributed by atoms with E-state index in [-0.39, 0.29) is 35.5 Å². The fourth-order valence-corrected chi connectivity index (χ4v) is 6.19. The van der Waals surface area contributed by atoms with Crippen molar-refractivity contribution in [3.63, 3.8) is 0 Å². The number of benzene rings is 2. The number of anilines is 1. The summed E-state index contributed by atoms with van der Waals surface area (Å²) in [4.78, 5) is 30.3. The molecule has 218 valence electrons. The molecule has 3 aromatic rings. The lowest BCUT2D eigenvalue weighted by atomic mass is 9.89. The predicted octanol–water partition coefficient (Wildman–Crippen LogP) is 4.73. The first-order chi connectivity index (χ1) is 19.7. The Hall–Kier alpha value is -3.74. The topological polar surface area (TPSA) is 99.8 Å². The van der Waals surface area contributed by atoms with Crippen molar-refractivity contribution in [3.05, 3.63) is 65.3 Å². The maximum Gasteiger partial charge on any atom is 0.324 e. The zero-order chi connectivity index (χ0) is 29.1. The van der Waals surface area contributed by atoms with Crippen LogP contribution in [0.15, 0.2) is 46.9 Å². The molecule has 41 heavy (non-hydrogen) atoms. The Balaban J connectivity index is 1.37. The van der Waals surface area contributed by atoms with Crippen LogP contribution >= 0.6 is 0 Å². The predicted molar refractivity (Wildman–Crippen MR) is 146 cm³/mol. The molecule has 5 rings (SSSR count). The second-order valence-electron chi connectivity index (χ2n) is 10.1. The van der Waals surface area contributed by atoms with Crippen molar-refractivity contribution in [1.82, 2.24) is 20.0 Å². The van der Waals surface area contributed by atoms with Crippen LogP contribution in [0.25, 0.3) is 11.5 Å². The van der Waals surface area contributed by atoms with Crippen molar-refractivity contribution >= 4 is 28.4 Å². The lowest BCUT2D eigenvalue weighted by molar-refractivity contribution is -0.129. The van der Waals surface area contributed by atoms with Crippen LogP contribution in [-0.4, -0.2) is 73.8 Å². The largest absolute Gasteiger partial charge is 0.415 e. The minimum Gasteiger partial charge on any atom is -0.415 e. The summed E-state index contributed by atoms with van der Waals surface area (Å²) in [6.07, 6.45) is -1.24. The Labute approximate surface area is 237 Å². The van der Waals surface area contributed by atoms with Gasteiger partial charge in [0.2, 0.25) is 11.8 Å². The Kier molecular flexibility index (Phi) is 8.71. The van der Waals surface area contributed by atoms with Gasteiger partial charge in [0, 0.05) is 72.2 Å². The number of alkyl halides is 2. The average molecular weight is 590 g/mol. The van der Waals surface area contributed by atoms with Gasteiger partial charge in [0.25, 0.3) is 5.89 Å². The van der Waals surface area contributed by atoms with Crippen molar-refractivity contribution < 1.29 is 31.4 Å². The highest BCUT2D eigenvalue weighted by Gasteiger charge is 2.28. The van der Waals surface area contributed by atoms with Crippen LogP contribution in [0.1, 0.15) is 49.1 Å². The number of carbonyl (C=O) groups excluding carboxylic acids is 2. The van der Waals surface area contributed by atoms with Crippen molar-refractivity contribution in [2.45, 2.75) is 38.7 Å². The van der Waals surface area contributed by atoms with Crippen LogP contribution in [0.3, 0.4) is 0 Å². The molecule has 3 heterocycles. The van der Waals surface area contributed by atoms with Gasteiger partial charge in [-0.1, -0.05) is 18.2 Å². The summed E-state index contributed by atoms with van der Waals surface area (Å²) in [5.74, 6) is -0.616. The molecule has 13 heteroatoms. The summed E-state index contributed by atoms with van der Waals surface area (Å²) in [6, 6.07) is 11.3. The van der Waals surface area contributed by atoms with Gasteiger partial charge in [0.1, 0.15) is 5.82 Å². The van der Waals surface area contributed by atoms with Gasteiger partial charge in [-0.15, -0.1) is 10.2 Å². The highest BCUT2D eigenvalue weighted by Crippen LogP contribution is 2.31. The van der Waals surface area contributed by atoms with Gasteiger partial charge >= 0.3 is 12.5 Å². The molecular weight excluding hydrogens is 559 g/mol. The maximum absolute atomic E-state index is 15.3. The summed E-state index contributed by atoms with van der Waals surface area (Å²) in [6.45, 7) is 3.55. The van der Waals surface area contributed by atoms with E-state index in [0.29, 0.717) is 49.3 Å². The molecule has 0 aliphatic carbocycles. The number of rotatable bonds is 6. The molecular formula is C28H30F3N5O4S. The van der Waals surface area contributed by atoms with Crippen LogP contribution in [0.5, 0.6) is 0 Å². The van der Waals surface area contributed by atoms with E-state index in [4.69, 9.17) is 4.42 Å². The number of hydrogen-bond donors (Lipinski definition) is 0. The first-order valence-corrected chi connectivity index (χ1v) is 14.9. The Morgan fingerprint density at radius 2 is 1.71 bits per heavy atom. The first kappa shape index (κ1) is 28.8. The number of carbonyl (C=O) groups is 2. The summed E-state index contributed by atoms with van der Waals surface area (Å²) < 4.78 is 57.7. The molecule has 0 saturated carbocycles. The number of piperidine rings is 1. The van der Waals surface area contributed by atoms with E-state index >= 15 is 4.39 Å². The van der Waals surface area contributed by atoms with Gasteiger partial charge in [0.05, 0.1) is 6.54 Å². The summed E-state index contributed by atoms with van der Waals surface area (Å²) in [5.41, 5.74) is 2.03. The molecule has 0 radical (unpaired) electrons. The maximum atomic E-state index is 15.3. The van der Waals surface area contributed by atoms with Crippen molar-refractivity contribution in [3.8, 4) is 11.5 Å². The Morgan fingerprint density at radius 1 is 1.02 bits per heavy atom. The lowest BCUT2D eigenvalue weighted by Gasteiger charge is -2.34. The molecule has 2 aliphatic heterocycles. The monoisotopic (exact) mass is 589 g/mol. The molecule has 2 aromatic carbocycles. The fourth-order valence-electron chi connectivity index (χ4n) is 5.14. The Bertz CT molecular complexity index is 1420. The van der Waals surface area contributed by atoms with Crippen molar-refractivity contribution in [2.24, 2.45) is 0 Å². The molecule has 0 bridgehead atoms. The average Bonchev–Trinajstić information content (AvgIpc) is 3.48. The molecule has 3 amide bonds. The van der Waals surface area contributed by atoms with Crippen LogP contribution < -0.4 is 4.90 Å². The number of nitrogens with zero attached hydrogens (tertiary/aromatic N) is 5. The van der Waals surface area contributed by atoms with E-state index < -0.39 is 28.9 Å². The summed E-state index contributed by atoms with van der Waals surface area (Å²) in [5, 5.41) is 6.84. The number of urea groups is 1. The molecule has 1 aromatic heterocycles. The lowest BCUT2D eigenvalue weighted by Crippen LogP contribution is -2.48. The van der Waals surface area contributed by atoms with Gasteiger partial charge in [-0.25, -0.2) is 9.18 Å². The SMILES string of the molecule is CC(=O)N1CCC(c2ccc(N(Cc3ccc(-c4nnc(C(F)F)o4)cc3F)C(=O)N3CCS(=O)CC3)cc2)CC1. The minimum absolute atomic E-state index is 0.0739. The van der Waals surface area contributed by atoms with Gasteiger partial charge in [-0.05, 0) is 48.6 Å². The molecule has 0 atom stereocenters. The minimum atomic E-state index is -2.94. The third-order valence-corrected chi connectivity index (χ3v) is 8.83.